The molecular weight excluding hydrogens is 178 g/mol. The molecule has 0 saturated heterocycles. The largest absolute Gasteiger partial charge is 0.497 e. The summed E-state index contributed by atoms with van der Waals surface area (Å²) in [7, 11) is 1.51. The summed E-state index contributed by atoms with van der Waals surface area (Å²) in [5.74, 6) is 0.298. The molecule has 1 aromatic carbocycles. The highest BCUT2D eigenvalue weighted by Gasteiger charge is 2.08. The molecule has 0 aliphatic rings. The molecule has 0 spiro atoms. The summed E-state index contributed by atoms with van der Waals surface area (Å²) in [5.41, 5.74) is 0.651. The van der Waals surface area contributed by atoms with Crippen LogP contribution in [0.15, 0.2) is 30.9 Å². The molecule has 1 rings (SSSR count). The number of carbonyl (C=O) groups is 1. The maximum atomic E-state index is 11.3. The number of ketones is 1. The fraction of sp³-hybridized carbons (Fsp3) is 0.0909. The minimum atomic E-state index is -0.260. The Morgan fingerprint density at radius 3 is 2.86 bits per heavy atom. The molecule has 14 heavy (non-hydrogen) atoms. The number of nitrogens with zero attached hydrogens (tertiary/aromatic N) is 1. The first-order chi connectivity index (χ1) is 6.72. The minimum Gasteiger partial charge on any atom is -0.497 e. The molecule has 0 unspecified atom stereocenters. The number of hydrogen-bond acceptors (Lipinski definition) is 3. The van der Waals surface area contributed by atoms with E-state index in [1.807, 2.05) is 6.07 Å². The minimum absolute atomic E-state index is 0.260. The van der Waals surface area contributed by atoms with Crippen LogP contribution in [0.3, 0.4) is 0 Å². The summed E-state index contributed by atoms with van der Waals surface area (Å²) in [5, 5.41) is 8.79. The summed E-state index contributed by atoms with van der Waals surface area (Å²) in [6, 6.07) is 6.65. The van der Waals surface area contributed by atoms with Crippen LogP contribution in [0.1, 0.15) is 15.9 Å². The van der Waals surface area contributed by atoms with Gasteiger partial charge in [0.15, 0.2) is 5.78 Å². The number of ether oxygens (including phenoxy) is 1. The first kappa shape index (κ1) is 10.0. The Morgan fingerprint density at radius 2 is 2.36 bits per heavy atom. The highest BCUT2D eigenvalue weighted by atomic mass is 16.5. The van der Waals surface area contributed by atoms with Crippen LogP contribution in [0, 0.1) is 11.3 Å². The first-order valence-corrected chi connectivity index (χ1v) is 3.98. The highest BCUT2D eigenvalue weighted by Crippen LogP contribution is 2.17. The van der Waals surface area contributed by atoms with Crippen molar-refractivity contribution in [3.8, 4) is 11.8 Å². The lowest BCUT2D eigenvalue weighted by Crippen LogP contribution is -1.98. The molecule has 1 aromatic rings. The quantitative estimate of drug-likeness (QED) is 0.536. The normalized spacial score (nSPS) is 8.86. The number of hydrogen-bond donors (Lipinski definition) is 0. The smallest absolute Gasteiger partial charge is 0.186 e. The van der Waals surface area contributed by atoms with E-state index >= 15 is 0 Å². The van der Waals surface area contributed by atoms with Gasteiger partial charge in [-0.05, 0) is 24.3 Å². The van der Waals surface area contributed by atoms with E-state index in [0.717, 1.165) is 0 Å². The average molecular weight is 187 g/mol. The van der Waals surface area contributed by atoms with Gasteiger partial charge in [-0.25, -0.2) is 0 Å². The maximum absolute atomic E-state index is 11.3. The van der Waals surface area contributed by atoms with E-state index in [9.17, 15) is 4.79 Å². The fourth-order valence-electron chi connectivity index (χ4n) is 1.07. The maximum Gasteiger partial charge on any atom is 0.186 e. The molecular formula is C11H9NO2. The van der Waals surface area contributed by atoms with Crippen molar-refractivity contribution in [2.24, 2.45) is 0 Å². The van der Waals surface area contributed by atoms with Crippen LogP contribution in [-0.4, -0.2) is 12.9 Å². The second-order valence-electron chi connectivity index (χ2n) is 2.59. The zero-order valence-electron chi connectivity index (χ0n) is 7.78. The lowest BCUT2D eigenvalue weighted by atomic mass is 10.0. The van der Waals surface area contributed by atoms with Crippen molar-refractivity contribution in [1.29, 1.82) is 5.26 Å². The molecule has 0 atom stereocenters. The van der Waals surface area contributed by atoms with Crippen molar-refractivity contribution in [2.75, 3.05) is 7.11 Å². The van der Waals surface area contributed by atoms with Crippen LogP contribution in [0.25, 0.3) is 0 Å². The van der Waals surface area contributed by atoms with Gasteiger partial charge in [-0.15, -0.1) is 0 Å². The van der Waals surface area contributed by atoms with Gasteiger partial charge in [-0.3, -0.25) is 4.79 Å². The summed E-state index contributed by atoms with van der Waals surface area (Å²) in [6.07, 6.45) is 1.18. The zero-order chi connectivity index (χ0) is 10.6. The molecule has 0 heterocycles. The first-order valence-electron chi connectivity index (χ1n) is 3.98. The van der Waals surface area contributed by atoms with Gasteiger partial charge in [-0.1, -0.05) is 6.58 Å². The highest BCUT2D eigenvalue weighted by molar-refractivity contribution is 6.05. The lowest BCUT2D eigenvalue weighted by molar-refractivity contribution is 0.104. The van der Waals surface area contributed by atoms with Crippen LogP contribution in [0.4, 0.5) is 0 Å². The van der Waals surface area contributed by atoms with Crippen molar-refractivity contribution in [3.05, 3.63) is 42.0 Å². The van der Waals surface area contributed by atoms with Crippen LogP contribution >= 0.6 is 0 Å². The van der Waals surface area contributed by atoms with Gasteiger partial charge in [0, 0.05) is 5.56 Å². The van der Waals surface area contributed by atoms with Gasteiger partial charge in [0.25, 0.3) is 0 Å². The molecule has 0 aliphatic carbocycles. The Bertz CT molecular complexity index is 416. The molecule has 70 valence electrons. The molecule has 0 saturated carbocycles. The number of methoxy groups -OCH3 is 1. The van der Waals surface area contributed by atoms with E-state index in [1.54, 1.807) is 12.1 Å². The molecule has 0 fully saturated rings. The molecule has 0 N–H and O–H groups in total. The van der Waals surface area contributed by atoms with Crippen LogP contribution in [0.5, 0.6) is 5.75 Å². The molecule has 0 aliphatic heterocycles. The van der Waals surface area contributed by atoms with E-state index in [2.05, 4.69) is 6.58 Å². The van der Waals surface area contributed by atoms with E-state index in [-0.39, 0.29) is 5.78 Å². The topological polar surface area (TPSA) is 50.1 Å². The zero-order valence-corrected chi connectivity index (χ0v) is 7.78. The molecule has 3 heteroatoms. The summed E-state index contributed by atoms with van der Waals surface area (Å²) in [6.45, 7) is 3.36. The number of rotatable bonds is 3. The van der Waals surface area contributed by atoms with Crippen molar-refractivity contribution < 1.29 is 9.53 Å². The van der Waals surface area contributed by atoms with Crippen molar-refractivity contribution in [2.45, 2.75) is 0 Å². The molecule has 3 nitrogen and oxygen atoms in total. The fourth-order valence-corrected chi connectivity index (χ4v) is 1.07. The Hall–Kier alpha value is -2.08. The second kappa shape index (κ2) is 4.24. The van der Waals surface area contributed by atoms with Crippen LogP contribution < -0.4 is 4.74 Å². The Balaban J connectivity index is 3.26. The van der Waals surface area contributed by atoms with Gasteiger partial charge in [0.05, 0.1) is 12.7 Å². The van der Waals surface area contributed by atoms with Crippen molar-refractivity contribution in [1.82, 2.24) is 0 Å². The van der Waals surface area contributed by atoms with E-state index < -0.39 is 0 Å². The number of allylic oxidation sites excluding steroid dienone is 1. The van der Waals surface area contributed by atoms with Gasteiger partial charge in [-0.2, -0.15) is 5.26 Å². The molecule has 0 bridgehead atoms. The van der Waals surface area contributed by atoms with E-state index in [0.29, 0.717) is 16.9 Å². The number of carbonyl (C=O) groups excluding carboxylic acids is 1. The third kappa shape index (κ3) is 1.80. The van der Waals surface area contributed by atoms with Gasteiger partial charge >= 0.3 is 0 Å². The van der Waals surface area contributed by atoms with Crippen LogP contribution in [-0.2, 0) is 0 Å². The average Bonchev–Trinajstić information content (AvgIpc) is 2.27. The Kier molecular flexibility index (Phi) is 3.03. The summed E-state index contributed by atoms with van der Waals surface area (Å²) in [4.78, 5) is 11.3. The van der Waals surface area contributed by atoms with Gasteiger partial charge in [0.2, 0.25) is 0 Å². The monoisotopic (exact) mass is 187 g/mol. The molecule has 0 aromatic heterocycles. The number of benzene rings is 1. The van der Waals surface area contributed by atoms with Gasteiger partial charge in [0.1, 0.15) is 11.8 Å². The van der Waals surface area contributed by atoms with Gasteiger partial charge < -0.3 is 4.74 Å². The van der Waals surface area contributed by atoms with E-state index in [1.165, 1.54) is 19.3 Å². The SMILES string of the molecule is C=CC(=O)c1ccc(OC)cc1C#N. The second-order valence-corrected chi connectivity index (χ2v) is 2.59. The third-order valence-corrected chi connectivity index (χ3v) is 1.80. The predicted octanol–water partition coefficient (Wildman–Crippen LogP) is 1.94. The van der Waals surface area contributed by atoms with Crippen LogP contribution in [0.2, 0.25) is 0 Å². The Morgan fingerprint density at radius 1 is 1.64 bits per heavy atom. The lowest BCUT2D eigenvalue weighted by Gasteiger charge is -2.02. The molecule has 0 amide bonds. The summed E-state index contributed by atoms with van der Waals surface area (Å²) < 4.78 is 4.94. The molecule has 0 radical (unpaired) electrons. The van der Waals surface area contributed by atoms with E-state index in [4.69, 9.17) is 10.00 Å². The van der Waals surface area contributed by atoms with Crippen molar-refractivity contribution >= 4 is 5.78 Å². The number of nitriles is 1. The summed E-state index contributed by atoms with van der Waals surface area (Å²) >= 11 is 0. The predicted molar refractivity (Wildman–Crippen MR) is 52.2 cm³/mol. The third-order valence-electron chi connectivity index (χ3n) is 1.80. The standard InChI is InChI=1S/C11H9NO2/c1-3-11(13)10-5-4-9(14-2)6-8(10)7-12/h3-6H,1H2,2H3. The van der Waals surface area contributed by atoms with Crippen molar-refractivity contribution in [3.63, 3.8) is 0 Å². The Labute approximate surface area is 82.2 Å².